The fraction of sp³-hybridized carbons (Fsp3) is 0.316. The van der Waals surface area contributed by atoms with Crippen LogP contribution in [0.1, 0.15) is 75.6 Å². The van der Waals surface area contributed by atoms with Gasteiger partial charge in [0.25, 0.3) is 0 Å². The number of benzene rings is 4. The number of ether oxygens (including phenoxy) is 1. The molecule has 0 saturated carbocycles. The van der Waals surface area contributed by atoms with E-state index in [1.165, 1.54) is 48.5 Å². The van der Waals surface area contributed by atoms with Crippen molar-refractivity contribution in [2.24, 2.45) is 11.8 Å². The third-order valence-corrected chi connectivity index (χ3v) is 7.14. The van der Waals surface area contributed by atoms with Gasteiger partial charge in [-0.05, 0) is 84.6 Å². The molecule has 0 unspecified atom stereocenters. The zero-order valence-corrected chi connectivity index (χ0v) is 27.3. The van der Waals surface area contributed by atoms with Crippen molar-refractivity contribution in [1.29, 1.82) is 0 Å². The van der Waals surface area contributed by atoms with Crippen molar-refractivity contribution in [3.63, 3.8) is 0 Å². The Morgan fingerprint density at radius 2 is 0.766 bits per heavy atom. The standard InChI is InChI=1S/C19H20F2O2.C15H14F2O.C4H8O2/c1-12(2)19(22)23-13(3)18(14-4-8-16(20)9-5-14)15-6-10-17(21)11-7-15;1-10(18)15(11-2-6-13(16)7-3-11)12-4-8-14(17)9-5-12;1-3(2)4(5)6/h4-13,18H,1-3H3;2-10,15,18H,1H3;3H,1-2H3,(H,5,6)/t13-;10-;/m00./s1. The summed E-state index contributed by atoms with van der Waals surface area (Å²) in [5, 5.41) is 17.9. The van der Waals surface area contributed by atoms with Gasteiger partial charge in [0.05, 0.1) is 17.9 Å². The van der Waals surface area contributed by atoms with E-state index < -0.39 is 18.2 Å². The van der Waals surface area contributed by atoms with Crippen LogP contribution in [0.25, 0.3) is 0 Å². The second kappa shape index (κ2) is 18.6. The van der Waals surface area contributed by atoms with Crippen molar-refractivity contribution in [3.8, 4) is 0 Å². The Labute approximate surface area is 273 Å². The molecule has 2 atom stereocenters. The van der Waals surface area contributed by atoms with Gasteiger partial charge >= 0.3 is 11.9 Å². The highest BCUT2D eigenvalue weighted by Gasteiger charge is 2.26. The fourth-order valence-electron chi connectivity index (χ4n) is 4.55. The van der Waals surface area contributed by atoms with Gasteiger partial charge in [0.15, 0.2) is 0 Å². The Bertz CT molecular complexity index is 1430. The number of halogens is 4. The largest absolute Gasteiger partial charge is 0.481 e. The van der Waals surface area contributed by atoms with Crippen LogP contribution in [0, 0.1) is 35.1 Å². The summed E-state index contributed by atoms with van der Waals surface area (Å²) >= 11 is 0. The molecule has 0 radical (unpaired) electrons. The minimum absolute atomic E-state index is 0.231. The van der Waals surface area contributed by atoms with Gasteiger partial charge in [0.2, 0.25) is 0 Å². The van der Waals surface area contributed by atoms with E-state index >= 15 is 0 Å². The molecule has 47 heavy (non-hydrogen) atoms. The Kier molecular flexibility index (Phi) is 15.3. The Balaban J connectivity index is 0.000000284. The van der Waals surface area contributed by atoms with Crippen LogP contribution in [0.3, 0.4) is 0 Å². The van der Waals surface area contributed by atoms with E-state index in [9.17, 15) is 32.3 Å². The average molecular weight is 655 g/mol. The van der Waals surface area contributed by atoms with Gasteiger partial charge in [0, 0.05) is 11.8 Å². The molecule has 5 nitrogen and oxygen atoms in total. The van der Waals surface area contributed by atoms with Gasteiger partial charge in [0.1, 0.15) is 29.4 Å². The first-order valence-electron chi connectivity index (χ1n) is 15.2. The molecule has 4 aromatic rings. The molecule has 0 aliphatic carbocycles. The number of aliphatic hydroxyl groups excluding tert-OH is 1. The van der Waals surface area contributed by atoms with Crippen LogP contribution < -0.4 is 0 Å². The maximum atomic E-state index is 13.2. The zero-order valence-electron chi connectivity index (χ0n) is 27.3. The minimum Gasteiger partial charge on any atom is -0.481 e. The molecule has 0 spiro atoms. The van der Waals surface area contributed by atoms with Crippen molar-refractivity contribution in [2.75, 3.05) is 0 Å². The third kappa shape index (κ3) is 12.7. The molecule has 4 rings (SSSR count). The summed E-state index contributed by atoms with van der Waals surface area (Å²) in [6, 6.07) is 24.0. The van der Waals surface area contributed by atoms with Crippen LogP contribution in [0.2, 0.25) is 0 Å². The van der Waals surface area contributed by atoms with Crippen LogP contribution in [-0.2, 0) is 14.3 Å². The highest BCUT2D eigenvalue weighted by Crippen LogP contribution is 2.31. The van der Waals surface area contributed by atoms with Crippen LogP contribution in [0.15, 0.2) is 97.1 Å². The van der Waals surface area contributed by atoms with Crippen molar-refractivity contribution >= 4 is 11.9 Å². The van der Waals surface area contributed by atoms with E-state index in [1.54, 1.807) is 90.1 Å². The first-order chi connectivity index (χ1) is 22.1. The van der Waals surface area contributed by atoms with E-state index in [0.29, 0.717) is 0 Å². The fourth-order valence-corrected chi connectivity index (χ4v) is 4.55. The summed E-state index contributed by atoms with van der Waals surface area (Å²) < 4.78 is 57.7. The second-order valence-corrected chi connectivity index (χ2v) is 11.7. The van der Waals surface area contributed by atoms with Gasteiger partial charge in [-0.3, -0.25) is 9.59 Å². The number of hydrogen-bond acceptors (Lipinski definition) is 4. The predicted molar refractivity (Wildman–Crippen MR) is 174 cm³/mol. The maximum Gasteiger partial charge on any atom is 0.308 e. The summed E-state index contributed by atoms with van der Waals surface area (Å²) in [4.78, 5) is 21.6. The molecule has 0 aliphatic rings. The molecule has 9 heteroatoms. The number of esters is 1. The Hall–Kier alpha value is -4.50. The van der Waals surface area contributed by atoms with Crippen LogP contribution in [-0.4, -0.2) is 34.4 Å². The van der Waals surface area contributed by atoms with E-state index in [0.717, 1.165) is 22.3 Å². The number of rotatable bonds is 9. The molecule has 0 bridgehead atoms. The Morgan fingerprint density at radius 3 is 0.979 bits per heavy atom. The highest BCUT2D eigenvalue weighted by atomic mass is 19.1. The van der Waals surface area contributed by atoms with Crippen molar-refractivity contribution in [3.05, 3.63) is 143 Å². The summed E-state index contributed by atoms with van der Waals surface area (Å²) in [5.41, 5.74) is 3.22. The number of carbonyl (C=O) groups excluding carboxylic acids is 1. The summed E-state index contributed by atoms with van der Waals surface area (Å²) in [7, 11) is 0. The van der Waals surface area contributed by atoms with Crippen LogP contribution >= 0.6 is 0 Å². The smallest absolute Gasteiger partial charge is 0.308 e. The molecular weight excluding hydrogens is 612 g/mol. The lowest BCUT2D eigenvalue weighted by Crippen LogP contribution is -2.26. The first-order valence-corrected chi connectivity index (χ1v) is 15.2. The molecule has 0 saturated heterocycles. The van der Waals surface area contributed by atoms with Crippen molar-refractivity contribution in [2.45, 2.75) is 65.6 Å². The van der Waals surface area contributed by atoms with Gasteiger partial charge in [-0.1, -0.05) is 76.2 Å². The molecule has 0 fully saturated rings. The van der Waals surface area contributed by atoms with Crippen LogP contribution in [0.5, 0.6) is 0 Å². The summed E-state index contributed by atoms with van der Waals surface area (Å²) in [6.07, 6.45) is -1.10. The number of aliphatic carboxylic acids is 1. The van der Waals surface area contributed by atoms with Crippen molar-refractivity contribution < 1.29 is 42.1 Å². The number of carboxylic acid groups (broad SMARTS) is 1. The third-order valence-electron chi connectivity index (χ3n) is 7.14. The van der Waals surface area contributed by atoms with E-state index in [2.05, 4.69) is 0 Å². The highest BCUT2D eigenvalue weighted by molar-refractivity contribution is 5.71. The molecule has 0 amide bonds. The molecule has 4 aromatic carbocycles. The lowest BCUT2D eigenvalue weighted by Gasteiger charge is -2.26. The minimum atomic E-state index is -0.741. The molecule has 252 valence electrons. The summed E-state index contributed by atoms with van der Waals surface area (Å²) in [6.45, 7) is 10.3. The van der Waals surface area contributed by atoms with E-state index in [-0.39, 0.29) is 52.9 Å². The van der Waals surface area contributed by atoms with Crippen LogP contribution in [0.4, 0.5) is 17.6 Å². The molecule has 2 N–H and O–H groups in total. The second-order valence-electron chi connectivity index (χ2n) is 11.7. The molecule has 0 aromatic heterocycles. The number of aliphatic hydroxyl groups is 1. The number of hydrogen-bond donors (Lipinski definition) is 2. The van der Waals surface area contributed by atoms with Gasteiger partial charge < -0.3 is 14.9 Å². The molecule has 0 heterocycles. The van der Waals surface area contributed by atoms with E-state index in [1.807, 2.05) is 0 Å². The lowest BCUT2D eigenvalue weighted by molar-refractivity contribution is -0.152. The van der Waals surface area contributed by atoms with Gasteiger partial charge in [-0.25, -0.2) is 17.6 Å². The zero-order chi connectivity index (χ0) is 35.3. The number of carbonyl (C=O) groups is 2. The molecular formula is C38H42F4O5. The van der Waals surface area contributed by atoms with E-state index in [4.69, 9.17) is 9.84 Å². The SMILES string of the molecule is CC(C)C(=O)O.CC(C)C(=O)O[C@@H](C)C(c1ccc(F)cc1)c1ccc(F)cc1.C[C@H](O)C(c1ccc(F)cc1)c1ccc(F)cc1. The Morgan fingerprint density at radius 1 is 0.511 bits per heavy atom. The quantitative estimate of drug-likeness (QED) is 0.139. The normalized spacial score (nSPS) is 12.1. The van der Waals surface area contributed by atoms with Crippen molar-refractivity contribution in [1.82, 2.24) is 0 Å². The van der Waals surface area contributed by atoms with Gasteiger partial charge in [-0.15, -0.1) is 0 Å². The molecule has 0 aliphatic heterocycles. The monoisotopic (exact) mass is 654 g/mol. The average Bonchev–Trinajstić information content (AvgIpc) is 3.01. The summed E-state index contributed by atoms with van der Waals surface area (Å²) in [5.74, 6) is -3.39. The maximum absolute atomic E-state index is 13.2. The number of carboxylic acids is 1. The predicted octanol–water partition coefficient (Wildman–Crippen LogP) is 8.89. The topological polar surface area (TPSA) is 83.8 Å². The first kappa shape index (κ1) is 38.7. The van der Waals surface area contributed by atoms with Gasteiger partial charge in [-0.2, -0.15) is 0 Å². The lowest BCUT2D eigenvalue weighted by atomic mass is 9.87.